The summed E-state index contributed by atoms with van der Waals surface area (Å²) in [6, 6.07) is 4.96. The highest BCUT2D eigenvalue weighted by Crippen LogP contribution is 2.29. The number of hydrogen-bond donors (Lipinski definition) is 1. The van der Waals surface area contributed by atoms with Crippen LogP contribution >= 0.6 is 11.3 Å². The average Bonchev–Trinajstić information content (AvgIpc) is 2.75. The lowest BCUT2D eigenvalue weighted by molar-refractivity contribution is -0.0560. The molecule has 0 radical (unpaired) electrons. The molecule has 1 aliphatic rings. The first-order chi connectivity index (χ1) is 9.44. The summed E-state index contributed by atoms with van der Waals surface area (Å²) in [6.07, 6.45) is 0.176. The number of aromatic nitrogens is 1. The van der Waals surface area contributed by atoms with Gasteiger partial charge in [-0.1, -0.05) is 11.3 Å². The molecule has 0 atom stereocenters. The van der Waals surface area contributed by atoms with Crippen LogP contribution in [0.25, 0.3) is 10.2 Å². The third-order valence-corrected chi connectivity index (χ3v) is 4.18. The van der Waals surface area contributed by atoms with E-state index in [0.717, 1.165) is 4.70 Å². The molecule has 2 aromatic rings. The van der Waals surface area contributed by atoms with E-state index >= 15 is 0 Å². The number of carbonyl (C=O) groups excluding carboxylic acids is 1. The van der Waals surface area contributed by atoms with Crippen LogP contribution in [0.4, 0.5) is 13.9 Å². The van der Waals surface area contributed by atoms with Gasteiger partial charge in [0.1, 0.15) is 0 Å². The smallest absolute Gasteiger partial charge is 0.265 e. The van der Waals surface area contributed by atoms with Crippen LogP contribution in [0.2, 0.25) is 0 Å². The number of carbonyl (C=O) groups is 1. The number of nitrogens with two attached hydrogens (primary N) is 1. The molecule has 0 spiro atoms. The van der Waals surface area contributed by atoms with E-state index in [1.165, 1.54) is 16.2 Å². The molecule has 1 aromatic carbocycles. The van der Waals surface area contributed by atoms with Crippen molar-refractivity contribution in [1.82, 2.24) is 9.88 Å². The molecule has 2 N–H and O–H groups in total. The maximum Gasteiger partial charge on any atom is 0.265 e. The Hall–Kier alpha value is -1.76. The number of piperidine rings is 1. The molecule has 1 saturated heterocycles. The Kier molecular flexibility index (Phi) is 3.08. The monoisotopic (exact) mass is 297 g/mol. The molecule has 106 valence electrons. The number of fused-ring (bicyclic) bond motifs is 1. The Labute approximate surface area is 118 Å². The number of halogens is 2. The fraction of sp³-hybridized carbons (Fsp3) is 0.385. The molecule has 2 heterocycles. The van der Waals surface area contributed by atoms with Crippen LogP contribution in [0.1, 0.15) is 23.2 Å². The van der Waals surface area contributed by atoms with Crippen LogP contribution in [0, 0.1) is 0 Å². The fourth-order valence-corrected chi connectivity index (χ4v) is 3.17. The minimum absolute atomic E-state index is 0.152. The Morgan fingerprint density at radius 3 is 3.00 bits per heavy atom. The third kappa shape index (κ3) is 2.45. The average molecular weight is 297 g/mol. The standard InChI is InChI=1S/C13H13F2N3OS/c14-13(15)4-1-5-18(7-13)11(19)8-2-3-9-10(6-8)20-12(16)17-9/h2-3,6H,1,4-5,7H2,(H2,16,17). The predicted molar refractivity (Wildman–Crippen MR) is 74.1 cm³/mol. The van der Waals surface area contributed by atoms with E-state index in [-0.39, 0.29) is 12.3 Å². The van der Waals surface area contributed by atoms with Gasteiger partial charge in [-0.05, 0) is 24.6 Å². The molecule has 1 aromatic heterocycles. The molecule has 0 bridgehead atoms. The Morgan fingerprint density at radius 2 is 2.25 bits per heavy atom. The second kappa shape index (κ2) is 4.66. The largest absolute Gasteiger partial charge is 0.375 e. The summed E-state index contributed by atoms with van der Waals surface area (Å²) in [6.45, 7) is -0.133. The number of alkyl halides is 2. The number of hydrogen-bond acceptors (Lipinski definition) is 4. The SMILES string of the molecule is Nc1nc2ccc(C(=O)N3CCCC(F)(F)C3)cc2s1. The lowest BCUT2D eigenvalue weighted by Crippen LogP contribution is -2.45. The molecule has 20 heavy (non-hydrogen) atoms. The van der Waals surface area contributed by atoms with Crippen molar-refractivity contribution in [2.24, 2.45) is 0 Å². The number of anilines is 1. The number of thiazole rings is 1. The zero-order valence-electron chi connectivity index (χ0n) is 10.6. The molecule has 7 heteroatoms. The molecular formula is C13H13F2N3OS. The Bertz CT molecular complexity index is 671. The van der Waals surface area contributed by atoms with Gasteiger partial charge >= 0.3 is 0 Å². The molecule has 0 aliphatic carbocycles. The number of amides is 1. The van der Waals surface area contributed by atoms with Gasteiger partial charge in [-0.3, -0.25) is 4.79 Å². The lowest BCUT2D eigenvalue weighted by Gasteiger charge is -2.32. The van der Waals surface area contributed by atoms with Crippen molar-refractivity contribution in [2.45, 2.75) is 18.8 Å². The van der Waals surface area contributed by atoms with Crippen LogP contribution in [-0.4, -0.2) is 34.8 Å². The Balaban J connectivity index is 1.88. The zero-order chi connectivity index (χ0) is 14.3. The van der Waals surface area contributed by atoms with Crippen LogP contribution < -0.4 is 5.73 Å². The summed E-state index contributed by atoms with van der Waals surface area (Å²) in [5.41, 5.74) is 6.73. The van der Waals surface area contributed by atoms with Crippen molar-refractivity contribution >= 4 is 32.6 Å². The highest BCUT2D eigenvalue weighted by atomic mass is 32.1. The van der Waals surface area contributed by atoms with E-state index in [0.29, 0.717) is 29.2 Å². The first-order valence-electron chi connectivity index (χ1n) is 6.28. The first-order valence-corrected chi connectivity index (χ1v) is 7.09. The van der Waals surface area contributed by atoms with Gasteiger partial charge in [0, 0.05) is 18.5 Å². The van der Waals surface area contributed by atoms with E-state index in [9.17, 15) is 13.6 Å². The fourth-order valence-electron chi connectivity index (χ4n) is 2.40. The van der Waals surface area contributed by atoms with Gasteiger partial charge in [-0.15, -0.1) is 0 Å². The summed E-state index contributed by atoms with van der Waals surface area (Å²) >= 11 is 1.28. The van der Waals surface area contributed by atoms with Gasteiger partial charge in [0.25, 0.3) is 11.8 Å². The first kappa shape index (κ1) is 13.2. The maximum absolute atomic E-state index is 13.4. The van der Waals surface area contributed by atoms with Crippen molar-refractivity contribution in [3.05, 3.63) is 23.8 Å². The number of rotatable bonds is 1. The summed E-state index contributed by atoms with van der Waals surface area (Å²) in [7, 11) is 0. The van der Waals surface area contributed by atoms with Crippen LogP contribution in [-0.2, 0) is 0 Å². The van der Waals surface area contributed by atoms with Gasteiger partial charge in [-0.2, -0.15) is 0 Å². The topological polar surface area (TPSA) is 59.2 Å². The quantitative estimate of drug-likeness (QED) is 0.880. The van der Waals surface area contributed by atoms with E-state index in [4.69, 9.17) is 5.73 Å². The van der Waals surface area contributed by atoms with E-state index in [2.05, 4.69) is 4.98 Å². The van der Waals surface area contributed by atoms with Gasteiger partial charge in [-0.25, -0.2) is 13.8 Å². The van der Waals surface area contributed by atoms with E-state index in [1.54, 1.807) is 18.2 Å². The van der Waals surface area contributed by atoms with Crippen LogP contribution in [0.15, 0.2) is 18.2 Å². The van der Waals surface area contributed by atoms with Crippen LogP contribution in [0.3, 0.4) is 0 Å². The number of benzene rings is 1. The van der Waals surface area contributed by atoms with E-state index in [1.807, 2.05) is 0 Å². The minimum atomic E-state index is -2.78. The number of likely N-dealkylation sites (tertiary alicyclic amines) is 1. The second-order valence-electron chi connectivity index (χ2n) is 4.92. The van der Waals surface area contributed by atoms with Crippen molar-refractivity contribution < 1.29 is 13.6 Å². The molecule has 4 nitrogen and oxygen atoms in total. The summed E-state index contributed by atoms with van der Waals surface area (Å²) < 4.78 is 27.5. The number of nitrogen functional groups attached to an aromatic ring is 1. The molecular weight excluding hydrogens is 284 g/mol. The summed E-state index contributed by atoms with van der Waals surface area (Å²) in [5.74, 6) is -3.15. The normalized spacial score (nSPS) is 18.4. The van der Waals surface area contributed by atoms with Crippen molar-refractivity contribution in [1.29, 1.82) is 0 Å². The lowest BCUT2D eigenvalue weighted by atomic mass is 10.1. The Morgan fingerprint density at radius 1 is 1.45 bits per heavy atom. The van der Waals surface area contributed by atoms with Crippen molar-refractivity contribution in [3.63, 3.8) is 0 Å². The van der Waals surface area contributed by atoms with Gasteiger partial charge in [0.05, 0.1) is 16.8 Å². The van der Waals surface area contributed by atoms with E-state index < -0.39 is 12.5 Å². The highest BCUT2D eigenvalue weighted by molar-refractivity contribution is 7.22. The highest BCUT2D eigenvalue weighted by Gasteiger charge is 2.37. The molecule has 1 fully saturated rings. The molecule has 3 rings (SSSR count). The zero-order valence-corrected chi connectivity index (χ0v) is 11.4. The van der Waals surface area contributed by atoms with Gasteiger partial charge < -0.3 is 10.6 Å². The van der Waals surface area contributed by atoms with Crippen molar-refractivity contribution in [2.75, 3.05) is 18.8 Å². The number of nitrogens with zero attached hydrogens (tertiary/aromatic N) is 2. The molecule has 0 unspecified atom stereocenters. The summed E-state index contributed by atoms with van der Waals surface area (Å²) in [4.78, 5) is 17.6. The van der Waals surface area contributed by atoms with Gasteiger partial charge in [0.2, 0.25) is 0 Å². The third-order valence-electron chi connectivity index (χ3n) is 3.33. The maximum atomic E-state index is 13.4. The predicted octanol–water partition coefficient (Wildman–Crippen LogP) is 2.75. The van der Waals surface area contributed by atoms with Gasteiger partial charge in [0.15, 0.2) is 5.13 Å². The van der Waals surface area contributed by atoms with Crippen molar-refractivity contribution in [3.8, 4) is 0 Å². The summed E-state index contributed by atoms with van der Waals surface area (Å²) in [5, 5.41) is 0.425. The minimum Gasteiger partial charge on any atom is -0.375 e. The van der Waals surface area contributed by atoms with Crippen LogP contribution in [0.5, 0.6) is 0 Å². The second-order valence-corrected chi connectivity index (χ2v) is 5.98. The molecule has 0 saturated carbocycles. The molecule has 1 amide bonds. The molecule has 1 aliphatic heterocycles.